The number of carbonyl (C=O) groups is 1. The van der Waals surface area contributed by atoms with E-state index in [9.17, 15) is 4.79 Å². The van der Waals surface area contributed by atoms with Crippen LogP contribution >= 0.6 is 35.0 Å². The molecule has 0 aromatic heterocycles. The third-order valence-corrected chi connectivity index (χ3v) is 5.33. The monoisotopic (exact) mass is 379 g/mol. The number of hydrogen-bond donors (Lipinski definition) is 0. The predicted molar refractivity (Wildman–Crippen MR) is 100 cm³/mol. The summed E-state index contributed by atoms with van der Waals surface area (Å²) >= 11 is 13.5. The van der Waals surface area contributed by atoms with E-state index in [4.69, 9.17) is 27.9 Å². The number of fused-ring (bicyclic) bond motifs is 1. The van der Waals surface area contributed by atoms with E-state index in [1.165, 1.54) is 0 Å². The van der Waals surface area contributed by atoms with Crippen LogP contribution in [0, 0.1) is 0 Å². The molecule has 1 aliphatic rings. The number of nitrogens with zero attached hydrogens (tertiary/aromatic N) is 1. The van der Waals surface area contributed by atoms with Gasteiger partial charge in [0.15, 0.2) is 11.9 Å². The lowest BCUT2D eigenvalue weighted by molar-refractivity contribution is -0.120. The molecule has 0 amide bonds. The molecular formula is C18H15Cl2NO2S. The number of ketones is 1. The van der Waals surface area contributed by atoms with Crippen LogP contribution in [0.5, 0.6) is 5.75 Å². The summed E-state index contributed by atoms with van der Waals surface area (Å²) in [4.78, 5) is 15.6. The van der Waals surface area contributed by atoms with Gasteiger partial charge in [0.25, 0.3) is 0 Å². The number of hydrogen-bond acceptors (Lipinski definition) is 4. The minimum absolute atomic E-state index is 0.122. The molecule has 0 radical (unpaired) electrons. The van der Waals surface area contributed by atoms with Crippen LogP contribution in [0.3, 0.4) is 0 Å². The fourth-order valence-electron chi connectivity index (χ4n) is 2.31. The third-order valence-electron chi connectivity index (χ3n) is 3.64. The Labute approximate surface area is 155 Å². The molecule has 124 valence electrons. The predicted octanol–water partition coefficient (Wildman–Crippen LogP) is 5.41. The molecule has 0 aliphatic carbocycles. The van der Waals surface area contributed by atoms with E-state index in [1.54, 1.807) is 43.0 Å². The summed E-state index contributed by atoms with van der Waals surface area (Å²) in [5.41, 5.74) is 1.09. The molecule has 3 rings (SSSR count). The fraction of sp³-hybridized carbons (Fsp3) is 0.167. The van der Waals surface area contributed by atoms with Gasteiger partial charge < -0.3 is 9.64 Å². The van der Waals surface area contributed by atoms with Gasteiger partial charge in [0.1, 0.15) is 5.75 Å². The molecule has 1 atom stereocenters. The first-order valence-corrected chi connectivity index (χ1v) is 8.91. The average Bonchev–Trinajstić information content (AvgIpc) is 2.86. The van der Waals surface area contributed by atoms with E-state index >= 15 is 0 Å². The highest BCUT2D eigenvalue weighted by atomic mass is 35.5. The fourth-order valence-corrected chi connectivity index (χ4v) is 3.85. The molecule has 2 aromatic rings. The van der Waals surface area contributed by atoms with Crippen LogP contribution in [-0.4, -0.2) is 18.9 Å². The second-order valence-corrected chi connectivity index (χ2v) is 7.25. The van der Waals surface area contributed by atoms with Crippen LogP contribution in [0.25, 0.3) is 0 Å². The molecule has 0 N–H and O–H groups in total. The van der Waals surface area contributed by atoms with E-state index in [2.05, 4.69) is 0 Å². The van der Waals surface area contributed by atoms with Crippen LogP contribution in [0.2, 0.25) is 10.0 Å². The number of ether oxygens (including phenoxy) is 1. The Kier molecular flexibility index (Phi) is 5.09. The summed E-state index contributed by atoms with van der Waals surface area (Å²) in [6.07, 6.45) is 0.966. The lowest BCUT2D eigenvalue weighted by Crippen LogP contribution is -2.23. The first kappa shape index (κ1) is 17.2. The van der Waals surface area contributed by atoms with Crippen molar-refractivity contribution in [2.45, 2.75) is 17.9 Å². The Morgan fingerprint density at radius 1 is 1.25 bits per heavy atom. The van der Waals surface area contributed by atoms with Crippen molar-refractivity contribution in [3.63, 3.8) is 0 Å². The molecule has 1 aliphatic heterocycles. The van der Waals surface area contributed by atoms with Gasteiger partial charge in [-0.15, -0.1) is 0 Å². The minimum Gasteiger partial charge on any atom is -0.481 e. The number of anilines is 1. The Morgan fingerprint density at radius 3 is 2.71 bits per heavy atom. The second-order valence-electron chi connectivity index (χ2n) is 5.35. The molecule has 2 aromatic carbocycles. The van der Waals surface area contributed by atoms with Gasteiger partial charge in [-0.1, -0.05) is 47.1 Å². The highest BCUT2D eigenvalue weighted by Gasteiger charge is 2.24. The standard InChI is InChI=1S/C18H15Cl2NO2S/c1-11(23-16-8-7-12(19)9-13(16)20)15(22)10-18-21(2)14-5-3-4-6-17(14)24-18/h3-11H,1-2H3. The van der Waals surface area contributed by atoms with E-state index in [-0.39, 0.29) is 5.78 Å². The summed E-state index contributed by atoms with van der Waals surface area (Å²) < 4.78 is 5.67. The highest BCUT2D eigenvalue weighted by molar-refractivity contribution is 8.03. The molecule has 0 spiro atoms. The highest BCUT2D eigenvalue weighted by Crippen LogP contribution is 2.44. The van der Waals surface area contributed by atoms with Crippen molar-refractivity contribution in [1.29, 1.82) is 0 Å². The van der Waals surface area contributed by atoms with Crippen LogP contribution in [0.4, 0.5) is 5.69 Å². The van der Waals surface area contributed by atoms with E-state index in [0.717, 1.165) is 15.6 Å². The van der Waals surface area contributed by atoms with E-state index < -0.39 is 6.10 Å². The number of benzene rings is 2. The minimum atomic E-state index is -0.645. The SMILES string of the molecule is CC(Oc1ccc(Cl)cc1Cl)C(=O)C=C1Sc2ccccc2N1C. The summed E-state index contributed by atoms with van der Waals surface area (Å²) in [5.74, 6) is 0.319. The van der Waals surface area contributed by atoms with Crippen molar-refractivity contribution >= 4 is 46.4 Å². The topological polar surface area (TPSA) is 29.5 Å². The van der Waals surface area contributed by atoms with Crippen molar-refractivity contribution in [2.75, 3.05) is 11.9 Å². The molecule has 1 unspecified atom stereocenters. The van der Waals surface area contributed by atoms with Crippen molar-refractivity contribution in [2.24, 2.45) is 0 Å². The maximum atomic E-state index is 12.5. The molecule has 1 heterocycles. The van der Waals surface area contributed by atoms with Crippen LogP contribution < -0.4 is 9.64 Å². The molecule has 0 saturated heterocycles. The summed E-state index contributed by atoms with van der Waals surface area (Å²) in [7, 11) is 1.94. The second kappa shape index (κ2) is 7.09. The Morgan fingerprint density at radius 2 is 2.00 bits per heavy atom. The molecular weight excluding hydrogens is 365 g/mol. The summed E-state index contributed by atoms with van der Waals surface area (Å²) in [5, 5.41) is 1.78. The van der Waals surface area contributed by atoms with Crippen LogP contribution in [0.1, 0.15) is 6.92 Å². The lowest BCUT2D eigenvalue weighted by atomic mass is 10.2. The third kappa shape index (κ3) is 3.56. The number of halogens is 2. The van der Waals surface area contributed by atoms with Gasteiger partial charge in [0, 0.05) is 23.0 Å². The van der Waals surface area contributed by atoms with Crippen molar-refractivity contribution < 1.29 is 9.53 Å². The summed E-state index contributed by atoms with van der Waals surface area (Å²) in [6, 6.07) is 13.0. The number of rotatable bonds is 4. The normalized spacial score (nSPS) is 16.2. The largest absolute Gasteiger partial charge is 0.481 e. The molecule has 0 bridgehead atoms. The zero-order valence-corrected chi connectivity index (χ0v) is 15.5. The van der Waals surface area contributed by atoms with Crippen LogP contribution in [-0.2, 0) is 4.79 Å². The molecule has 0 saturated carbocycles. The molecule has 0 fully saturated rings. The van der Waals surface area contributed by atoms with Crippen molar-refractivity contribution in [3.8, 4) is 5.75 Å². The average molecular weight is 380 g/mol. The summed E-state index contributed by atoms with van der Waals surface area (Å²) in [6.45, 7) is 1.71. The first-order chi connectivity index (χ1) is 11.5. The van der Waals surface area contributed by atoms with Gasteiger partial charge in [-0.25, -0.2) is 0 Å². The number of carbonyl (C=O) groups excluding carboxylic acids is 1. The Hall–Kier alpha value is -1.62. The van der Waals surface area contributed by atoms with Gasteiger partial charge in [0.05, 0.1) is 15.7 Å². The van der Waals surface area contributed by atoms with Gasteiger partial charge in [-0.2, -0.15) is 0 Å². The zero-order chi connectivity index (χ0) is 17.3. The van der Waals surface area contributed by atoms with Gasteiger partial charge in [0.2, 0.25) is 0 Å². The van der Waals surface area contributed by atoms with Gasteiger partial charge >= 0.3 is 0 Å². The number of para-hydroxylation sites is 1. The first-order valence-electron chi connectivity index (χ1n) is 7.33. The van der Waals surface area contributed by atoms with Gasteiger partial charge in [-0.3, -0.25) is 4.79 Å². The maximum absolute atomic E-state index is 12.5. The van der Waals surface area contributed by atoms with E-state index in [0.29, 0.717) is 15.8 Å². The smallest absolute Gasteiger partial charge is 0.198 e. The zero-order valence-electron chi connectivity index (χ0n) is 13.1. The quantitative estimate of drug-likeness (QED) is 0.663. The van der Waals surface area contributed by atoms with Crippen LogP contribution in [0.15, 0.2) is 58.5 Å². The molecule has 3 nitrogen and oxygen atoms in total. The Bertz CT molecular complexity index is 822. The van der Waals surface area contributed by atoms with E-state index in [1.807, 2.05) is 36.2 Å². The lowest BCUT2D eigenvalue weighted by Gasteiger charge is -2.16. The number of thioether (sulfide) groups is 1. The van der Waals surface area contributed by atoms with Crippen molar-refractivity contribution in [1.82, 2.24) is 0 Å². The molecule has 6 heteroatoms. The maximum Gasteiger partial charge on any atom is 0.198 e. The molecule has 24 heavy (non-hydrogen) atoms. The van der Waals surface area contributed by atoms with Gasteiger partial charge in [-0.05, 0) is 37.3 Å². The Balaban J connectivity index is 1.73. The van der Waals surface area contributed by atoms with Crippen molar-refractivity contribution in [3.05, 3.63) is 63.6 Å².